The molecule has 5 rings (SSSR count). The van der Waals surface area contributed by atoms with E-state index in [2.05, 4.69) is 25.7 Å². The summed E-state index contributed by atoms with van der Waals surface area (Å²) in [6.07, 6.45) is 2.16. The van der Waals surface area contributed by atoms with E-state index in [0.29, 0.717) is 12.8 Å². The third-order valence-electron chi connectivity index (χ3n) is 7.90. The van der Waals surface area contributed by atoms with Crippen molar-refractivity contribution in [3.8, 4) is 0 Å². The number of amides is 3. The Morgan fingerprint density at radius 3 is 2.48 bits per heavy atom. The number of rotatable bonds is 4. The monoisotopic (exact) mass is 443 g/mol. The topological polar surface area (TPSA) is 69.7 Å². The van der Waals surface area contributed by atoms with E-state index in [-0.39, 0.29) is 17.7 Å². The average Bonchev–Trinajstić information content (AvgIpc) is 3.30. The van der Waals surface area contributed by atoms with Crippen molar-refractivity contribution in [1.82, 2.24) is 10.2 Å². The van der Waals surface area contributed by atoms with Crippen molar-refractivity contribution in [2.24, 2.45) is 5.41 Å². The highest BCUT2D eigenvalue weighted by atomic mass is 16.2. The molecule has 3 amide bonds. The van der Waals surface area contributed by atoms with Gasteiger partial charge in [0.15, 0.2) is 0 Å². The van der Waals surface area contributed by atoms with Crippen molar-refractivity contribution in [2.45, 2.75) is 57.3 Å². The van der Waals surface area contributed by atoms with Crippen LogP contribution in [0.1, 0.15) is 38.3 Å². The fraction of sp³-hybridized carbons (Fsp3) is 0.370. The molecule has 0 saturated carbocycles. The fourth-order valence-electron chi connectivity index (χ4n) is 6.16. The molecule has 0 radical (unpaired) electrons. The van der Waals surface area contributed by atoms with Crippen LogP contribution in [0.25, 0.3) is 0 Å². The number of allylic oxidation sites excluding steroid dienone is 1. The van der Waals surface area contributed by atoms with Crippen LogP contribution in [-0.2, 0) is 26.2 Å². The normalized spacial score (nSPS) is 28.2. The zero-order valence-corrected chi connectivity index (χ0v) is 19.2. The number of fused-ring (bicyclic) bond motifs is 5. The minimum atomic E-state index is -0.670. The molecule has 2 fully saturated rings. The van der Waals surface area contributed by atoms with Gasteiger partial charge in [-0.3, -0.25) is 19.3 Å². The van der Waals surface area contributed by atoms with Crippen molar-refractivity contribution in [3.63, 3.8) is 0 Å². The first-order valence-corrected chi connectivity index (χ1v) is 11.4. The molecule has 0 aromatic heterocycles. The van der Waals surface area contributed by atoms with Gasteiger partial charge in [-0.1, -0.05) is 68.5 Å². The Balaban J connectivity index is 1.66. The lowest BCUT2D eigenvalue weighted by atomic mass is 9.60. The molecule has 2 aromatic carbocycles. The van der Waals surface area contributed by atoms with Crippen LogP contribution >= 0.6 is 0 Å². The van der Waals surface area contributed by atoms with Gasteiger partial charge in [-0.25, -0.2) is 0 Å². The number of benzene rings is 2. The molecule has 3 heterocycles. The van der Waals surface area contributed by atoms with Gasteiger partial charge in [0, 0.05) is 24.4 Å². The number of carbonyl (C=O) groups is 3. The molecule has 6 heteroatoms. The fourth-order valence-corrected chi connectivity index (χ4v) is 6.16. The molecule has 3 aliphatic heterocycles. The summed E-state index contributed by atoms with van der Waals surface area (Å²) in [4.78, 5) is 43.7. The molecule has 0 aliphatic carbocycles. The van der Waals surface area contributed by atoms with Crippen molar-refractivity contribution in [1.29, 1.82) is 0 Å². The van der Waals surface area contributed by atoms with Gasteiger partial charge in [-0.2, -0.15) is 0 Å². The van der Waals surface area contributed by atoms with E-state index < -0.39 is 29.1 Å². The van der Waals surface area contributed by atoms with E-state index in [9.17, 15) is 14.4 Å². The molecule has 2 saturated heterocycles. The van der Waals surface area contributed by atoms with Crippen LogP contribution in [0.3, 0.4) is 0 Å². The van der Waals surface area contributed by atoms with Crippen LogP contribution in [-0.4, -0.2) is 40.9 Å². The largest absolute Gasteiger partial charge is 0.342 e. The first-order valence-electron chi connectivity index (χ1n) is 11.4. The van der Waals surface area contributed by atoms with Gasteiger partial charge in [0.25, 0.3) is 0 Å². The first kappa shape index (κ1) is 21.4. The van der Waals surface area contributed by atoms with Gasteiger partial charge in [-0.05, 0) is 29.0 Å². The molecule has 3 aliphatic rings. The summed E-state index contributed by atoms with van der Waals surface area (Å²) >= 11 is 0. The molecule has 4 atom stereocenters. The maximum Gasteiger partial charge on any atom is 0.247 e. The Hall–Kier alpha value is -3.41. The summed E-state index contributed by atoms with van der Waals surface area (Å²) in [5.41, 5.74) is 1.65. The van der Waals surface area contributed by atoms with Gasteiger partial charge >= 0.3 is 0 Å². The van der Waals surface area contributed by atoms with Gasteiger partial charge in [-0.15, -0.1) is 6.58 Å². The number of hydrogen-bond acceptors (Lipinski definition) is 3. The zero-order chi connectivity index (χ0) is 23.5. The molecule has 0 bridgehead atoms. The maximum absolute atomic E-state index is 13.9. The van der Waals surface area contributed by atoms with E-state index in [0.717, 1.165) is 16.8 Å². The summed E-state index contributed by atoms with van der Waals surface area (Å²) in [5, 5.41) is 2.97. The lowest BCUT2D eigenvalue weighted by Gasteiger charge is -2.46. The SMILES string of the molecule is C=CC(C)(C)[C@]12C[C@@H]3C(=O)N[C@@H](Cc4ccccc4)C(=O)N3[C@@H]1N(C(C)=O)c1ccccc12. The van der Waals surface area contributed by atoms with E-state index in [1.165, 1.54) is 6.92 Å². The Morgan fingerprint density at radius 1 is 1.15 bits per heavy atom. The van der Waals surface area contributed by atoms with Crippen molar-refractivity contribution < 1.29 is 14.4 Å². The van der Waals surface area contributed by atoms with E-state index >= 15 is 0 Å². The highest BCUT2D eigenvalue weighted by Gasteiger charge is 2.69. The van der Waals surface area contributed by atoms with Gasteiger partial charge in [0.05, 0.1) is 0 Å². The predicted octanol–water partition coefficient (Wildman–Crippen LogP) is 3.17. The first-order chi connectivity index (χ1) is 15.7. The number of anilines is 1. The van der Waals surface area contributed by atoms with Crippen LogP contribution < -0.4 is 10.2 Å². The Labute approximate surface area is 194 Å². The molecule has 1 N–H and O–H groups in total. The van der Waals surface area contributed by atoms with E-state index in [4.69, 9.17) is 0 Å². The minimum Gasteiger partial charge on any atom is -0.342 e. The molecular formula is C27H29N3O3. The number of nitrogens with zero attached hydrogens (tertiary/aromatic N) is 2. The summed E-state index contributed by atoms with van der Waals surface area (Å²) in [6, 6.07) is 16.2. The smallest absolute Gasteiger partial charge is 0.247 e. The second-order valence-corrected chi connectivity index (χ2v) is 9.89. The summed E-state index contributed by atoms with van der Waals surface area (Å²) < 4.78 is 0. The average molecular weight is 444 g/mol. The highest BCUT2D eigenvalue weighted by molar-refractivity contribution is 6.02. The molecule has 6 nitrogen and oxygen atoms in total. The predicted molar refractivity (Wildman–Crippen MR) is 126 cm³/mol. The van der Waals surface area contributed by atoms with Gasteiger partial charge in [0.1, 0.15) is 18.2 Å². The summed E-state index contributed by atoms with van der Waals surface area (Å²) in [5.74, 6) is -0.451. The van der Waals surface area contributed by atoms with E-state index in [1.807, 2.05) is 60.7 Å². The number of carbonyl (C=O) groups excluding carboxylic acids is 3. The quantitative estimate of drug-likeness (QED) is 0.738. The molecule has 0 unspecified atom stereocenters. The van der Waals surface area contributed by atoms with Crippen LogP contribution in [0.4, 0.5) is 5.69 Å². The third kappa shape index (κ3) is 2.82. The Kier molecular flexibility index (Phi) is 4.74. The van der Waals surface area contributed by atoms with Crippen LogP contribution in [0, 0.1) is 5.41 Å². The maximum atomic E-state index is 13.9. The second kappa shape index (κ2) is 7.30. The van der Waals surface area contributed by atoms with Crippen LogP contribution in [0.5, 0.6) is 0 Å². The number of nitrogens with one attached hydrogen (secondary N) is 1. The van der Waals surface area contributed by atoms with Crippen LogP contribution in [0.2, 0.25) is 0 Å². The number of para-hydroxylation sites is 1. The lowest BCUT2D eigenvalue weighted by molar-refractivity contribution is -0.149. The van der Waals surface area contributed by atoms with Crippen molar-refractivity contribution >= 4 is 23.4 Å². The van der Waals surface area contributed by atoms with Crippen molar-refractivity contribution in [2.75, 3.05) is 4.90 Å². The molecule has 0 spiro atoms. The zero-order valence-electron chi connectivity index (χ0n) is 19.2. The second-order valence-electron chi connectivity index (χ2n) is 9.89. The third-order valence-corrected chi connectivity index (χ3v) is 7.90. The summed E-state index contributed by atoms with van der Waals surface area (Å²) in [7, 11) is 0. The van der Waals surface area contributed by atoms with Gasteiger partial charge < -0.3 is 10.2 Å². The summed E-state index contributed by atoms with van der Waals surface area (Å²) in [6.45, 7) is 9.78. The Bertz CT molecular complexity index is 1160. The molecule has 170 valence electrons. The molecule has 2 aromatic rings. The van der Waals surface area contributed by atoms with E-state index in [1.54, 1.807) is 9.80 Å². The van der Waals surface area contributed by atoms with Crippen molar-refractivity contribution in [3.05, 3.63) is 78.4 Å². The molecule has 33 heavy (non-hydrogen) atoms. The number of piperazine rings is 1. The highest BCUT2D eigenvalue weighted by Crippen LogP contribution is 2.62. The van der Waals surface area contributed by atoms with Gasteiger partial charge in [0.2, 0.25) is 17.7 Å². The Morgan fingerprint density at radius 2 is 1.82 bits per heavy atom. The standard InChI is InChI=1S/C27H29N3O3/c1-5-26(3,4)27-16-22-23(32)28-20(15-18-11-7-6-8-12-18)24(33)30(22)25(27)29(17(2)31)21-14-10-9-13-19(21)27/h5-14,20,22,25H,1,15-16H2,2-4H3,(H,28,32)/t20-,22+,25-,27-/m0/s1. The minimum absolute atomic E-state index is 0.144. The number of hydrogen-bond donors (Lipinski definition) is 1. The lowest BCUT2D eigenvalue weighted by Crippen LogP contribution is -2.66. The van der Waals surface area contributed by atoms with Crippen LogP contribution in [0.15, 0.2) is 67.3 Å². The molecular weight excluding hydrogens is 414 g/mol.